The van der Waals surface area contributed by atoms with Crippen LogP contribution in [0.5, 0.6) is 0 Å². The van der Waals surface area contributed by atoms with Gasteiger partial charge in [0.25, 0.3) is 0 Å². The van der Waals surface area contributed by atoms with Crippen molar-refractivity contribution in [3.8, 4) is 0 Å². The average molecular weight is 315 g/mol. The van der Waals surface area contributed by atoms with Crippen LogP contribution in [0.1, 0.15) is 0 Å². The molecule has 0 saturated carbocycles. The monoisotopic (exact) mass is 314 g/mol. The van der Waals surface area contributed by atoms with E-state index in [4.69, 9.17) is 14.2 Å². The Hall–Kier alpha value is -0.250. The first-order chi connectivity index (χ1) is 8.01. The molecule has 0 aromatic heterocycles. The highest BCUT2D eigenvalue weighted by atomic mass is 79.9. The first-order valence-electron chi connectivity index (χ1n) is 4.95. The van der Waals surface area contributed by atoms with Gasteiger partial charge >= 0.3 is 5.97 Å². The normalized spacial score (nSPS) is 37.8. The van der Waals surface area contributed by atoms with Crippen molar-refractivity contribution < 1.29 is 34.3 Å². The molecular formula is C9H15BrO7. The van der Waals surface area contributed by atoms with E-state index in [2.05, 4.69) is 15.9 Å². The van der Waals surface area contributed by atoms with Crippen LogP contribution >= 0.6 is 15.9 Å². The van der Waals surface area contributed by atoms with Crippen molar-refractivity contribution in [2.24, 2.45) is 0 Å². The number of carbonyl (C=O) groups excluding carboxylic acids is 1. The lowest BCUT2D eigenvalue weighted by Gasteiger charge is -2.39. The Morgan fingerprint density at radius 1 is 1.29 bits per heavy atom. The van der Waals surface area contributed by atoms with Gasteiger partial charge in [-0.1, -0.05) is 15.9 Å². The van der Waals surface area contributed by atoms with Crippen molar-refractivity contribution in [2.75, 3.05) is 19.0 Å². The second kappa shape index (κ2) is 6.62. The topological polar surface area (TPSA) is 105 Å². The Bertz CT molecular complexity index is 260. The predicted molar refractivity (Wildman–Crippen MR) is 58.4 cm³/mol. The minimum Gasteiger partial charge on any atom is -0.462 e. The summed E-state index contributed by atoms with van der Waals surface area (Å²) in [6.07, 6.45) is -6.12. The summed E-state index contributed by atoms with van der Waals surface area (Å²) >= 11 is 2.91. The number of aliphatic hydroxyl groups excluding tert-OH is 3. The van der Waals surface area contributed by atoms with Gasteiger partial charge in [-0.05, 0) is 0 Å². The van der Waals surface area contributed by atoms with E-state index in [0.717, 1.165) is 0 Å². The smallest absolute Gasteiger partial charge is 0.316 e. The van der Waals surface area contributed by atoms with Gasteiger partial charge in [-0.3, -0.25) is 4.79 Å². The number of hydrogen-bond acceptors (Lipinski definition) is 7. The fourth-order valence-corrected chi connectivity index (χ4v) is 1.62. The molecule has 0 amide bonds. The summed E-state index contributed by atoms with van der Waals surface area (Å²) in [5.41, 5.74) is 0. The molecule has 0 aliphatic carbocycles. The molecular weight excluding hydrogens is 300 g/mol. The van der Waals surface area contributed by atoms with Gasteiger partial charge in [0.2, 0.25) is 0 Å². The van der Waals surface area contributed by atoms with Crippen LogP contribution in [0.3, 0.4) is 0 Å². The summed E-state index contributed by atoms with van der Waals surface area (Å²) in [5, 5.41) is 28.6. The van der Waals surface area contributed by atoms with Crippen LogP contribution < -0.4 is 0 Å². The average Bonchev–Trinajstić information content (AvgIpc) is 2.34. The summed E-state index contributed by atoms with van der Waals surface area (Å²) in [6.45, 7) is -0.227. The van der Waals surface area contributed by atoms with Crippen LogP contribution in [0.15, 0.2) is 0 Å². The number of alkyl halides is 1. The summed E-state index contributed by atoms with van der Waals surface area (Å²) in [6, 6.07) is 0. The zero-order valence-electron chi connectivity index (χ0n) is 9.15. The van der Waals surface area contributed by atoms with Crippen molar-refractivity contribution in [3.05, 3.63) is 0 Å². The molecule has 1 saturated heterocycles. The quantitative estimate of drug-likeness (QED) is 0.423. The minimum absolute atomic E-state index is 0.0225. The van der Waals surface area contributed by atoms with Gasteiger partial charge in [0.15, 0.2) is 6.29 Å². The Morgan fingerprint density at radius 2 is 1.94 bits per heavy atom. The molecule has 0 aromatic rings. The molecule has 5 atom stereocenters. The molecule has 3 N–H and O–H groups in total. The van der Waals surface area contributed by atoms with E-state index in [-0.39, 0.29) is 11.9 Å². The zero-order valence-corrected chi connectivity index (χ0v) is 10.7. The van der Waals surface area contributed by atoms with Crippen molar-refractivity contribution >= 4 is 21.9 Å². The summed E-state index contributed by atoms with van der Waals surface area (Å²) in [5.74, 6) is -0.518. The van der Waals surface area contributed by atoms with E-state index in [1.165, 1.54) is 7.11 Å². The molecule has 0 spiro atoms. The number of ether oxygens (including phenoxy) is 3. The first-order valence-corrected chi connectivity index (χ1v) is 6.07. The zero-order chi connectivity index (χ0) is 13.0. The number of rotatable bonds is 4. The summed E-state index contributed by atoms with van der Waals surface area (Å²) in [4.78, 5) is 10.9. The third kappa shape index (κ3) is 3.60. The standard InChI is InChI=1S/C9H15BrO7/c1-15-9-8(14)7(13)6(12)4(17-9)3-16-5(11)2-10/h4,6-9,12-14H,2-3H2,1H3/t4-,6-,7+,8-,9+/m1/s1. The predicted octanol–water partition coefficient (Wildman–Crippen LogP) is -1.62. The maximum Gasteiger partial charge on any atom is 0.316 e. The number of esters is 1. The van der Waals surface area contributed by atoms with Gasteiger partial charge in [0.1, 0.15) is 36.4 Å². The first kappa shape index (κ1) is 14.8. The molecule has 1 aliphatic rings. The van der Waals surface area contributed by atoms with E-state index >= 15 is 0 Å². The molecule has 0 unspecified atom stereocenters. The molecule has 17 heavy (non-hydrogen) atoms. The number of hydrogen-bond donors (Lipinski definition) is 3. The highest BCUT2D eigenvalue weighted by Gasteiger charge is 2.44. The molecule has 1 heterocycles. The maximum atomic E-state index is 10.9. The molecule has 7 nitrogen and oxygen atoms in total. The van der Waals surface area contributed by atoms with Crippen LogP contribution in [0.4, 0.5) is 0 Å². The molecule has 1 rings (SSSR count). The van der Waals surface area contributed by atoms with Gasteiger partial charge in [-0.25, -0.2) is 0 Å². The SMILES string of the molecule is CO[C@H]1O[C@H](COC(=O)CBr)[C@@H](O)[C@H](O)[C@H]1O. The minimum atomic E-state index is -1.42. The van der Waals surface area contributed by atoms with Crippen LogP contribution in [-0.4, -0.2) is 71.0 Å². The van der Waals surface area contributed by atoms with Crippen LogP contribution in [0.25, 0.3) is 0 Å². The van der Waals surface area contributed by atoms with Gasteiger partial charge in [0.05, 0.1) is 0 Å². The molecule has 0 bridgehead atoms. The molecule has 0 radical (unpaired) electrons. The number of carbonyl (C=O) groups is 1. The van der Waals surface area contributed by atoms with Crippen molar-refractivity contribution in [1.29, 1.82) is 0 Å². The van der Waals surface area contributed by atoms with Crippen LogP contribution in [-0.2, 0) is 19.0 Å². The van der Waals surface area contributed by atoms with Crippen LogP contribution in [0.2, 0.25) is 0 Å². The Labute approximate surface area is 106 Å². The lowest BCUT2D eigenvalue weighted by molar-refractivity contribution is -0.295. The van der Waals surface area contributed by atoms with E-state index in [9.17, 15) is 20.1 Å². The van der Waals surface area contributed by atoms with Crippen molar-refractivity contribution in [1.82, 2.24) is 0 Å². The number of methoxy groups -OCH3 is 1. The number of halogens is 1. The van der Waals surface area contributed by atoms with Crippen LogP contribution in [0, 0.1) is 0 Å². The largest absolute Gasteiger partial charge is 0.462 e. The van der Waals surface area contributed by atoms with Gasteiger partial charge in [-0.2, -0.15) is 0 Å². The Morgan fingerprint density at radius 3 is 2.47 bits per heavy atom. The molecule has 8 heteroatoms. The second-order valence-electron chi connectivity index (χ2n) is 3.57. The second-order valence-corrected chi connectivity index (χ2v) is 4.13. The van der Waals surface area contributed by atoms with Gasteiger partial charge in [0, 0.05) is 7.11 Å². The van der Waals surface area contributed by atoms with Gasteiger partial charge < -0.3 is 29.5 Å². The summed E-state index contributed by atoms with van der Waals surface area (Å²) < 4.78 is 14.7. The lowest BCUT2D eigenvalue weighted by Crippen LogP contribution is -2.59. The van der Waals surface area contributed by atoms with Gasteiger partial charge in [-0.15, -0.1) is 0 Å². The third-order valence-corrected chi connectivity index (χ3v) is 2.88. The summed E-state index contributed by atoms with van der Waals surface area (Å²) in [7, 11) is 1.29. The van der Waals surface area contributed by atoms with E-state index in [0.29, 0.717) is 0 Å². The van der Waals surface area contributed by atoms with Crippen molar-refractivity contribution in [3.63, 3.8) is 0 Å². The Balaban J connectivity index is 2.56. The molecule has 100 valence electrons. The Kier molecular flexibility index (Phi) is 5.77. The van der Waals surface area contributed by atoms with E-state index < -0.39 is 36.7 Å². The highest BCUT2D eigenvalue weighted by Crippen LogP contribution is 2.21. The van der Waals surface area contributed by atoms with E-state index in [1.807, 2.05) is 0 Å². The fourth-order valence-electron chi connectivity index (χ4n) is 1.46. The third-order valence-electron chi connectivity index (χ3n) is 2.42. The lowest BCUT2D eigenvalue weighted by atomic mass is 9.99. The molecule has 1 fully saturated rings. The fraction of sp³-hybridized carbons (Fsp3) is 0.889. The molecule has 0 aromatic carbocycles. The van der Waals surface area contributed by atoms with E-state index in [1.54, 1.807) is 0 Å². The van der Waals surface area contributed by atoms with Crippen molar-refractivity contribution in [2.45, 2.75) is 30.7 Å². The molecule has 1 aliphatic heterocycles. The maximum absolute atomic E-state index is 10.9. The number of aliphatic hydroxyl groups is 3. The highest BCUT2D eigenvalue weighted by molar-refractivity contribution is 9.09.